The lowest BCUT2D eigenvalue weighted by atomic mass is 10.1. The Morgan fingerprint density at radius 2 is 1.97 bits per heavy atom. The summed E-state index contributed by atoms with van der Waals surface area (Å²) >= 11 is 3.24. The van der Waals surface area contributed by atoms with Gasteiger partial charge in [-0.05, 0) is 53.2 Å². The zero-order valence-corrected chi connectivity index (χ0v) is 18.2. The molecule has 3 N–H and O–H groups in total. The molecule has 0 saturated heterocycles. The van der Waals surface area contributed by atoms with E-state index < -0.39 is 17.2 Å². The quantitative estimate of drug-likeness (QED) is 0.529. The number of ether oxygens (including phenoxy) is 1. The summed E-state index contributed by atoms with van der Waals surface area (Å²) in [5.41, 5.74) is 6.59. The van der Waals surface area contributed by atoms with Gasteiger partial charge in [0.05, 0.1) is 0 Å². The summed E-state index contributed by atoms with van der Waals surface area (Å²) in [7, 11) is 0. The van der Waals surface area contributed by atoms with Crippen LogP contribution in [0.2, 0.25) is 0 Å². The molecule has 1 amide bonds. The maximum atomic E-state index is 13.8. The van der Waals surface area contributed by atoms with Crippen LogP contribution < -0.4 is 21.3 Å². The van der Waals surface area contributed by atoms with Crippen molar-refractivity contribution in [2.45, 2.75) is 13.5 Å². The normalized spacial score (nSPS) is 10.7. The van der Waals surface area contributed by atoms with Crippen LogP contribution in [0.15, 0.2) is 57.8 Å². The number of halogens is 3. The van der Waals surface area contributed by atoms with Crippen LogP contribution in [0.1, 0.15) is 21.6 Å². The van der Waals surface area contributed by atoms with Gasteiger partial charge in [0.15, 0.2) is 0 Å². The summed E-state index contributed by atoms with van der Waals surface area (Å²) in [6.07, 6.45) is 0. The zero-order chi connectivity index (χ0) is 22.5. The van der Waals surface area contributed by atoms with E-state index in [1.165, 1.54) is 10.6 Å². The average Bonchev–Trinajstić information content (AvgIpc) is 2.75. The molecule has 0 aliphatic heterocycles. The first-order chi connectivity index (χ1) is 14.8. The molecule has 1 heterocycles. The highest BCUT2D eigenvalue weighted by atomic mass is 79.9. The number of hydrogen-bond acceptors (Lipinski definition) is 4. The van der Waals surface area contributed by atoms with E-state index in [0.717, 1.165) is 12.1 Å². The van der Waals surface area contributed by atoms with Crippen molar-refractivity contribution in [3.8, 4) is 11.4 Å². The topological polar surface area (TPSA) is 86.3 Å². The second-order valence-electron chi connectivity index (χ2n) is 6.72. The van der Waals surface area contributed by atoms with Gasteiger partial charge in [-0.15, -0.1) is 0 Å². The molecule has 0 aliphatic carbocycles. The Morgan fingerprint density at radius 3 is 2.68 bits per heavy atom. The minimum absolute atomic E-state index is 0.138. The number of carbonyl (C=O) groups excluding carboxylic acids is 1. The summed E-state index contributed by atoms with van der Waals surface area (Å²) in [6.45, 7) is 2.19. The monoisotopic (exact) mass is 491 g/mol. The maximum absolute atomic E-state index is 13.8. The number of carbonyl (C=O) groups is 1. The van der Waals surface area contributed by atoms with Crippen molar-refractivity contribution in [1.82, 2.24) is 9.88 Å². The third-order valence-electron chi connectivity index (χ3n) is 4.49. The van der Waals surface area contributed by atoms with Crippen molar-refractivity contribution in [3.63, 3.8) is 0 Å². The Bertz CT molecular complexity index is 1180. The van der Waals surface area contributed by atoms with Gasteiger partial charge in [-0.3, -0.25) is 14.2 Å². The number of rotatable bonds is 7. The maximum Gasteiger partial charge on any atom is 0.273 e. The molecule has 0 unspecified atom stereocenters. The van der Waals surface area contributed by atoms with E-state index in [1.807, 2.05) is 0 Å². The van der Waals surface area contributed by atoms with E-state index >= 15 is 0 Å². The first kappa shape index (κ1) is 22.6. The fourth-order valence-electron chi connectivity index (χ4n) is 2.98. The minimum atomic E-state index is -0.731. The summed E-state index contributed by atoms with van der Waals surface area (Å²) < 4.78 is 34.1. The molecule has 9 heteroatoms. The number of amides is 1. The molecule has 0 atom stereocenters. The summed E-state index contributed by atoms with van der Waals surface area (Å²) in [5.74, 6) is -1.48. The molecule has 0 bridgehead atoms. The molecule has 0 aliphatic rings. The van der Waals surface area contributed by atoms with Crippen LogP contribution in [0.25, 0.3) is 5.69 Å². The molecule has 3 aromatic rings. The van der Waals surface area contributed by atoms with E-state index in [9.17, 15) is 18.4 Å². The van der Waals surface area contributed by atoms with Crippen LogP contribution in [0.5, 0.6) is 5.75 Å². The summed E-state index contributed by atoms with van der Waals surface area (Å²) in [6, 6.07) is 11.4. The van der Waals surface area contributed by atoms with Gasteiger partial charge in [-0.1, -0.05) is 6.07 Å². The van der Waals surface area contributed by atoms with Gasteiger partial charge in [0.25, 0.3) is 11.5 Å². The van der Waals surface area contributed by atoms with Gasteiger partial charge in [0.1, 0.15) is 28.5 Å². The second kappa shape index (κ2) is 9.84. The first-order valence-electron chi connectivity index (χ1n) is 9.39. The van der Waals surface area contributed by atoms with E-state index in [1.54, 1.807) is 37.3 Å². The number of aromatic nitrogens is 1. The lowest BCUT2D eigenvalue weighted by Crippen LogP contribution is -2.29. The van der Waals surface area contributed by atoms with Crippen LogP contribution in [0.3, 0.4) is 0 Å². The standard InChI is InChI=1S/C22H20BrF2N3O3/c1-13-9-19(31-12-15-5-6-16(24)11-18(15)25)20(23)22(30)28(13)17-4-2-3-14(10-17)21(29)27-8-7-26/h2-6,9-11H,7-8,12,26H2,1H3,(H,27,29). The molecule has 162 valence electrons. The van der Waals surface area contributed by atoms with Gasteiger partial charge in [0.2, 0.25) is 0 Å². The van der Waals surface area contributed by atoms with Crippen LogP contribution >= 0.6 is 15.9 Å². The minimum Gasteiger partial charge on any atom is -0.487 e. The van der Waals surface area contributed by atoms with Crippen molar-refractivity contribution >= 4 is 21.8 Å². The van der Waals surface area contributed by atoms with Crippen LogP contribution in [-0.4, -0.2) is 23.6 Å². The number of nitrogens with zero attached hydrogens (tertiary/aromatic N) is 1. The predicted molar refractivity (Wildman–Crippen MR) is 117 cm³/mol. The lowest BCUT2D eigenvalue weighted by molar-refractivity contribution is 0.0954. The Labute approximate surface area is 185 Å². The zero-order valence-electron chi connectivity index (χ0n) is 16.6. The van der Waals surface area contributed by atoms with Crippen molar-refractivity contribution in [1.29, 1.82) is 0 Å². The largest absolute Gasteiger partial charge is 0.487 e. The van der Waals surface area contributed by atoms with Gasteiger partial charge >= 0.3 is 0 Å². The molecular formula is C22H20BrF2N3O3. The number of nitrogens with two attached hydrogens (primary N) is 1. The van der Waals surface area contributed by atoms with E-state index in [0.29, 0.717) is 30.0 Å². The van der Waals surface area contributed by atoms with Crippen molar-refractivity contribution in [2.75, 3.05) is 13.1 Å². The number of aryl methyl sites for hydroxylation is 1. The van der Waals surface area contributed by atoms with Crippen LogP contribution in [-0.2, 0) is 6.61 Å². The first-order valence-corrected chi connectivity index (χ1v) is 10.2. The van der Waals surface area contributed by atoms with Crippen LogP contribution in [0.4, 0.5) is 8.78 Å². The fourth-order valence-corrected chi connectivity index (χ4v) is 3.38. The average molecular weight is 492 g/mol. The molecule has 2 aromatic carbocycles. The van der Waals surface area contributed by atoms with Crippen molar-refractivity contribution < 1.29 is 18.3 Å². The van der Waals surface area contributed by atoms with E-state index in [-0.39, 0.29) is 28.3 Å². The molecule has 3 rings (SSSR count). The number of hydrogen-bond donors (Lipinski definition) is 2. The van der Waals surface area contributed by atoms with E-state index in [4.69, 9.17) is 10.5 Å². The van der Waals surface area contributed by atoms with Crippen molar-refractivity contribution in [3.05, 3.63) is 91.8 Å². The number of nitrogens with one attached hydrogen (secondary N) is 1. The molecule has 0 radical (unpaired) electrons. The fraction of sp³-hybridized carbons (Fsp3) is 0.182. The van der Waals surface area contributed by atoms with Gasteiger partial charge in [0, 0.05) is 47.7 Å². The second-order valence-corrected chi connectivity index (χ2v) is 7.52. The van der Waals surface area contributed by atoms with Crippen molar-refractivity contribution in [2.24, 2.45) is 5.73 Å². The Balaban J connectivity index is 1.90. The molecular weight excluding hydrogens is 472 g/mol. The molecule has 6 nitrogen and oxygen atoms in total. The summed E-state index contributed by atoms with van der Waals surface area (Å²) in [4.78, 5) is 25.2. The lowest BCUT2D eigenvalue weighted by Gasteiger charge is -2.15. The van der Waals surface area contributed by atoms with Gasteiger partial charge in [-0.25, -0.2) is 8.78 Å². The smallest absolute Gasteiger partial charge is 0.273 e. The van der Waals surface area contributed by atoms with E-state index in [2.05, 4.69) is 21.2 Å². The highest BCUT2D eigenvalue weighted by molar-refractivity contribution is 9.10. The number of pyridine rings is 1. The van der Waals surface area contributed by atoms with Gasteiger partial charge in [-0.2, -0.15) is 0 Å². The Kier molecular flexibility index (Phi) is 7.19. The highest BCUT2D eigenvalue weighted by Crippen LogP contribution is 2.25. The Hall–Kier alpha value is -3.04. The van der Waals surface area contributed by atoms with Crippen LogP contribution in [0, 0.1) is 18.6 Å². The number of benzene rings is 2. The molecule has 0 spiro atoms. The predicted octanol–water partition coefficient (Wildman–Crippen LogP) is 3.45. The molecule has 0 saturated carbocycles. The third kappa shape index (κ3) is 5.18. The molecule has 0 fully saturated rings. The molecule has 31 heavy (non-hydrogen) atoms. The molecule has 1 aromatic heterocycles. The summed E-state index contributed by atoms with van der Waals surface area (Å²) in [5, 5.41) is 2.68. The highest BCUT2D eigenvalue weighted by Gasteiger charge is 2.15. The Morgan fingerprint density at radius 1 is 1.19 bits per heavy atom. The third-order valence-corrected chi connectivity index (χ3v) is 5.22. The van der Waals surface area contributed by atoms with Gasteiger partial charge < -0.3 is 15.8 Å². The SMILES string of the molecule is Cc1cc(OCc2ccc(F)cc2F)c(Br)c(=O)n1-c1cccc(C(=O)NCCN)c1.